The molecule has 33 heavy (non-hydrogen) atoms. The number of aromatic nitrogens is 2. The second-order valence-electron chi connectivity index (χ2n) is 9.43. The lowest BCUT2D eigenvalue weighted by atomic mass is 9.78. The summed E-state index contributed by atoms with van der Waals surface area (Å²) in [5.41, 5.74) is 2.69. The highest BCUT2D eigenvalue weighted by atomic mass is 32.1. The first-order chi connectivity index (χ1) is 16.1. The van der Waals surface area contributed by atoms with Crippen LogP contribution in [0.3, 0.4) is 0 Å². The zero-order valence-electron chi connectivity index (χ0n) is 18.6. The number of rotatable bonds is 7. The molecule has 2 fully saturated rings. The van der Waals surface area contributed by atoms with Crippen molar-refractivity contribution in [2.75, 3.05) is 5.32 Å². The average molecular weight is 464 g/mol. The number of carboxylic acid groups (broad SMARTS) is 1. The van der Waals surface area contributed by atoms with Crippen molar-refractivity contribution in [3.05, 3.63) is 41.5 Å². The number of carboxylic acids is 1. The minimum Gasteiger partial charge on any atom is -0.481 e. The van der Waals surface area contributed by atoms with E-state index in [2.05, 4.69) is 15.7 Å². The lowest BCUT2D eigenvalue weighted by Gasteiger charge is -2.27. The molecule has 0 spiro atoms. The zero-order chi connectivity index (χ0) is 22.8. The number of hydrogen-bond acceptors (Lipinski definition) is 5. The maximum absolute atomic E-state index is 12.7. The number of anilines is 1. The van der Waals surface area contributed by atoms with Gasteiger partial charge in [-0.1, -0.05) is 31.7 Å². The number of amides is 1. The highest BCUT2D eigenvalue weighted by Crippen LogP contribution is 2.38. The Bertz CT molecular complexity index is 1160. The Morgan fingerprint density at radius 1 is 1.06 bits per heavy atom. The predicted octanol–water partition coefficient (Wildman–Crippen LogP) is 6.24. The van der Waals surface area contributed by atoms with Crippen LogP contribution >= 0.6 is 11.3 Å². The molecule has 0 saturated heterocycles. The molecule has 2 heterocycles. The van der Waals surface area contributed by atoms with Gasteiger partial charge in [-0.05, 0) is 55.2 Å². The van der Waals surface area contributed by atoms with Gasteiger partial charge in [0.2, 0.25) is 5.91 Å². The van der Waals surface area contributed by atoms with Crippen molar-refractivity contribution in [2.24, 2.45) is 11.8 Å². The Morgan fingerprint density at radius 2 is 1.88 bits per heavy atom. The van der Waals surface area contributed by atoms with Gasteiger partial charge in [-0.3, -0.25) is 14.6 Å². The van der Waals surface area contributed by atoms with Gasteiger partial charge >= 0.3 is 5.97 Å². The van der Waals surface area contributed by atoms with Gasteiger partial charge in [0.15, 0.2) is 0 Å². The van der Waals surface area contributed by atoms with Gasteiger partial charge in [0, 0.05) is 35.0 Å². The number of nitrogens with one attached hydrogen (secondary N) is 1. The summed E-state index contributed by atoms with van der Waals surface area (Å²) >= 11 is 1.63. The van der Waals surface area contributed by atoms with Crippen LogP contribution in [0.2, 0.25) is 0 Å². The van der Waals surface area contributed by atoms with Crippen LogP contribution in [0.5, 0.6) is 0 Å². The summed E-state index contributed by atoms with van der Waals surface area (Å²) in [6.45, 7) is 0. The Balaban J connectivity index is 1.30. The Morgan fingerprint density at radius 3 is 2.61 bits per heavy atom. The number of carbonyl (C=O) groups is 2. The molecule has 1 unspecified atom stereocenters. The average Bonchev–Trinajstić information content (AvgIpc) is 3.25. The largest absolute Gasteiger partial charge is 0.481 e. The molecule has 2 aliphatic carbocycles. The van der Waals surface area contributed by atoms with E-state index in [1.54, 1.807) is 11.3 Å². The second-order valence-corrected chi connectivity index (χ2v) is 10.3. The fourth-order valence-electron chi connectivity index (χ4n) is 5.03. The van der Waals surface area contributed by atoms with Gasteiger partial charge in [-0.2, -0.15) is 0 Å². The molecule has 0 bridgehead atoms. The lowest BCUT2D eigenvalue weighted by molar-refractivity contribution is -0.146. The third kappa shape index (κ3) is 4.93. The number of pyridine rings is 1. The van der Waals surface area contributed by atoms with Crippen LogP contribution in [0.1, 0.15) is 69.4 Å². The van der Waals surface area contributed by atoms with Crippen molar-refractivity contribution in [1.82, 2.24) is 9.97 Å². The van der Waals surface area contributed by atoms with Crippen LogP contribution in [0.15, 0.2) is 35.8 Å². The quantitative estimate of drug-likeness (QED) is 0.433. The molecule has 1 aromatic carbocycles. The molecule has 2 aromatic heterocycles. The van der Waals surface area contributed by atoms with Gasteiger partial charge in [-0.25, -0.2) is 4.98 Å². The standard InChI is InChI=1S/C26H29N3O3S/c30-24(13-21(26(31)32)16-5-2-1-3-6-16)28-20-10-9-18-14-27-22(12-19(18)11-20)25-29-23(15-33-25)17-7-4-8-17/h9-12,14-17,21H,1-8,13H2,(H,28,30)(H,31,32). The summed E-state index contributed by atoms with van der Waals surface area (Å²) in [6.07, 6.45) is 10.6. The lowest BCUT2D eigenvalue weighted by Crippen LogP contribution is -2.30. The first-order valence-corrected chi connectivity index (χ1v) is 12.8. The number of fused-ring (bicyclic) bond motifs is 1. The molecule has 5 rings (SSSR count). The number of carbonyl (C=O) groups excluding carboxylic acids is 1. The summed E-state index contributed by atoms with van der Waals surface area (Å²) in [5, 5.41) is 17.6. The van der Waals surface area contributed by atoms with Crippen molar-refractivity contribution in [3.63, 3.8) is 0 Å². The first kappa shape index (κ1) is 22.0. The minimum atomic E-state index is -0.865. The monoisotopic (exact) mass is 463 g/mol. The Hall–Kier alpha value is -2.80. The fourth-order valence-corrected chi connectivity index (χ4v) is 5.90. The minimum absolute atomic E-state index is 0.0166. The molecular weight excluding hydrogens is 434 g/mol. The highest BCUT2D eigenvalue weighted by Gasteiger charge is 2.31. The summed E-state index contributed by atoms with van der Waals surface area (Å²) < 4.78 is 0. The van der Waals surface area contributed by atoms with Crippen LogP contribution in [0, 0.1) is 11.8 Å². The number of nitrogens with zero attached hydrogens (tertiary/aromatic N) is 2. The summed E-state index contributed by atoms with van der Waals surface area (Å²) in [7, 11) is 0. The predicted molar refractivity (Wildman–Crippen MR) is 130 cm³/mol. The summed E-state index contributed by atoms with van der Waals surface area (Å²) in [4.78, 5) is 33.9. The maximum atomic E-state index is 12.7. The van der Waals surface area contributed by atoms with Crippen LogP contribution in [0.4, 0.5) is 5.69 Å². The Labute approximate surface area is 197 Å². The van der Waals surface area contributed by atoms with Crippen LogP contribution in [-0.4, -0.2) is 27.0 Å². The molecule has 6 nitrogen and oxygen atoms in total. The van der Waals surface area contributed by atoms with Gasteiger partial charge in [0.05, 0.1) is 17.3 Å². The van der Waals surface area contributed by atoms with E-state index in [9.17, 15) is 14.7 Å². The molecule has 1 amide bonds. The molecule has 172 valence electrons. The number of aliphatic carboxylic acids is 1. The summed E-state index contributed by atoms with van der Waals surface area (Å²) in [5.74, 6) is -1.03. The topological polar surface area (TPSA) is 92.2 Å². The molecule has 0 radical (unpaired) electrons. The molecule has 1 atom stereocenters. The van der Waals surface area contributed by atoms with E-state index in [4.69, 9.17) is 4.98 Å². The zero-order valence-corrected chi connectivity index (χ0v) is 19.4. The second kappa shape index (κ2) is 9.59. The molecule has 0 aliphatic heterocycles. The molecule has 2 saturated carbocycles. The first-order valence-electron chi connectivity index (χ1n) is 11.9. The SMILES string of the molecule is O=C(CC(C(=O)O)C1CCCCC1)Nc1ccc2cnc(-c3nc(C4CCC4)cs3)cc2c1. The van der Waals surface area contributed by atoms with E-state index in [1.165, 1.54) is 25.0 Å². The molecular formula is C26H29N3O3S. The normalized spacial score (nSPS) is 18.1. The number of hydrogen-bond donors (Lipinski definition) is 2. The van der Waals surface area contributed by atoms with Gasteiger partial charge in [-0.15, -0.1) is 11.3 Å². The maximum Gasteiger partial charge on any atom is 0.307 e. The van der Waals surface area contributed by atoms with Crippen molar-refractivity contribution in [3.8, 4) is 10.7 Å². The van der Waals surface area contributed by atoms with Gasteiger partial charge in [0.1, 0.15) is 5.01 Å². The van der Waals surface area contributed by atoms with Crippen molar-refractivity contribution in [2.45, 2.75) is 63.7 Å². The van der Waals surface area contributed by atoms with Gasteiger partial charge < -0.3 is 10.4 Å². The highest BCUT2D eigenvalue weighted by molar-refractivity contribution is 7.13. The van der Waals surface area contributed by atoms with Crippen LogP contribution in [-0.2, 0) is 9.59 Å². The van der Waals surface area contributed by atoms with Gasteiger partial charge in [0.25, 0.3) is 0 Å². The van der Waals surface area contributed by atoms with E-state index < -0.39 is 11.9 Å². The third-order valence-corrected chi connectivity index (χ3v) is 8.09. The third-order valence-electron chi connectivity index (χ3n) is 7.21. The van der Waals surface area contributed by atoms with Crippen LogP contribution in [0.25, 0.3) is 21.5 Å². The van der Waals surface area contributed by atoms with Crippen LogP contribution < -0.4 is 5.32 Å². The molecule has 2 aliphatic rings. The Kier molecular flexibility index (Phi) is 6.40. The van der Waals surface area contributed by atoms with E-state index in [-0.39, 0.29) is 18.2 Å². The number of benzene rings is 1. The van der Waals surface area contributed by atoms with Crippen molar-refractivity contribution in [1.29, 1.82) is 0 Å². The fraction of sp³-hybridized carbons (Fsp3) is 0.462. The molecule has 7 heteroatoms. The van der Waals surface area contributed by atoms with E-state index in [0.29, 0.717) is 11.6 Å². The van der Waals surface area contributed by atoms with E-state index >= 15 is 0 Å². The van der Waals surface area contributed by atoms with E-state index in [0.717, 1.165) is 53.6 Å². The van der Waals surface area contributed by atoms with Crippen molar-refractivity contribution >= 4 is 39.7 Å². The summed E-state index contributed by atoms with van der Waals surface area (Å²) in [6, 6.07) is 7.71. The number of thiazole rings is 1. The molecule has 2 N–H and O–H groups in total. The molecule has 3 aromatic rings. The van der Waals surface area contributed by atoms with Crippen molar-refractivity contribution < 1.29 is 14.7 Å². The van der Waals surface area contributed by atoms with E-state index in [1.807, 2.05) is 30.5 Å². The smallest absolute Gasteiger partial charge is 0.307 e.